The highest BCUT2D eigenvalue weighted by atomic mass is 16.6. The second-order valence-corrected chi connectivity index (χ2v) is 2.07. The van der Waals surface area contributed by atoms with Crippen LogP contribution in [0.25, 0.3) is 0 Å². The van der Waals surface area contributed by atoms with Gasteiger partial charge in [-0.3, -0.25) is 0 Å². The van der Waals surface area contributed by atoms with Gasteiger partial charge in [0.25, 0.3) is 0 Å². The SMILES string of the molecule is NCCOC=COC(=O)C(O)CO. The molecule has 6 heteroatoms. The first-order valence-electron chi connectivity index (χ1n) is 3.68. The Morgan fingerprint density at radius 3 is 2.77 bits per heavy atom. The van der Waals surface area contributed by atoms with E-state index in [-0.39, 0.29) is 0 Å². The first-order valence-corrected chi connectivity index (χ1v) is 3.68. The molecule has 0 aromatic rings. The Labute approximate surface area is 75.6 Å². The van der Waals surface area contributed by atoms with Crippen molar-refractivity contribution >= 4 is 5.97 Å². The Kier molecular flexibility index (Phi) is 6.89. The lowest BCUT2D eigenvalue weighted by Crippen LogP contribution is -2.24. The van der Waals surface area contributed by atoms with Crippen LogP contribution < -0.4 is 5.73 Å². The molecule has 0 radical (unpaired) electrons. The molecule has 1 unspecified atom stereocenters. The number of ether oxygens (including phenoxy) is 2. The van der Waals surface area contributed by atoms with Crippen LogP contribution in [0.4, 0.5) is 0 Å². The summed E-state index contributed by atoms with van der Waals surface area (Å²) < 4.78 is 9.07. The quantitative estimate of drug-likeness (QED) is 0.263. The molecule has 0 aromatic carbocycles. The number of rotatable bonds is 6. The van der Waals surface area contributed by atoms with E-state index in [1.165, 1.54) is 0 Å². The number of esters is 1. The number of hydrogen-bond donors (Lipinski definition) is 3. The van der Waals surface area contributed by atoms with Gasteiger partial charge in [0.1, 0.15) is 12.5 Å². The Hall–Kier alpha value is -1.11. The molecule has 1 atom stereocenters. The molecule has 0 bridgehead atoms. The zero-order valence-corrected chi connectivity index (χ0v) is 7.05. The van der Waals surface area contributed by atoms with Gasteiger partial charge < -0.3 is 25.4 Å². The van der Waals surface area contributed by atoms with Crippen molar-refractivity contribution in [3.8, 4) is 0 Å². The third-order valence-electron chi connectivity index (χ3n) is 1.02. The second kappa shape index (κ2) is 7.53. The fourth-order valence-corrected chi connectivity index (χ4v) is 0.423. The van der Waals surface area contributed by atoms with Crippen LogP contribution in [-0.2, 0) is 14.3 Å². The standard InChI is InChI=1S/C7H13NO5/c8-1-2-12-3-4-13-7(11)6(10)5-9/h3-4,6,9-10H,1-2,5,8H2. The zero-order valence-electron chi connectivity index (χ0n) is 7.05. The number of aliphatic hydroxyl groups is 2. The van der Waals surface area contributed by atoms with Gasteiger partial charge in [-0.05, 0) is 0 Å². The van der Waals surface area contributed by atoms with Crippen molar-refractivity contribution < 1.29 is 24.5 Å². The third kappa shape index (κ3) is 6.09. The summed E-state index contributed by atoms with van der Waals surface area (Å²) in [5, 5.41) is 17.0. The molecule has 0 aliphatic carbocycles. The Balaban J connectivity index is 3.51. The molecule has 0 amide bonds. The van der Waals surface area contributed by atoms with Gasteiger partial charge in [-0.2, -0.15) is 0 Å². The Morgan fingerprint density at radius 2 is 2.23 bits per heavy atom. The van der Waals surface area contributed by atoms with Crippen LogP contribution in [0.15, 0.2) is 12.5 Å². The minimum atomic E-state index is -1.51. The first kappa shape index (κ1) is 11.9. The predicted octanol–water partition coefficient (Wildman–Crippen LogP) is -1.67. The minimum absolute atomic E-state index is 0.316. The van der Waals surface area contributed by atoms with E-state index in [1.807, 2.05) is 0 Å². The van der Waals surface area contributed by atoms with Crippen molar-refractivity contribution in [3.05, 3.63) is 12.5 Å². The highest BCUT2D eigenvalue weighted by Gasteiger charge is 2.13. The van der Waals surface area contributed by atoms with E-state index in [4.69, 9.17) is 20.7 Å². The Bertz CT molecular complexity index is 170. The molecule has 0 fully saturated rings. The fraction of sp³-hybridized carbons (Fsp3) is 0.571. The zero-order chi connectivity index (χ0) is 10.1. The molecule has 0 saturated heterocycles. The van der Waals surface area contributed by atoms with E-state index in [9.17, 15) is 4.79 Å². The molecule has 4 N–H and O–H groups in total. The smallest absolute Gasteiger partial charge is 0.342 e. The lowest BCUT2D eigenvalue weighted by Gasteiger charge is -2.03. The van der Waals surface area contributed by atoms with Gasteiger partial charge >= 0.3 is 5.97 Å². The average Bonchev–Trinajstić information content (AvgIpc) is 2.16. The van der Waals surface area contributed by atoms with Crippen LogP contribution in [-0.4, -0.2) is 42.0 Å². The van der Waals surface area contributed by atoms with E-state index in [1.54, 1.807) is 0 Å². The van der Waals surface area contributed by atoms with Crippen molar-refractivity contribution in [3.63, 3.8) is 0 Å². The minimum Gasteiger partial charge on any atom is -0.497 e. The van der Waals surface area contributed by atoms with Crippen molar-refractivity contribution in [2.75, 3.05) is 19.8 Å². The number of aliphatic hydroxyl groups excluding tert-OH is 2. The fourth-order valence-electron chi connectivity index (χ4n) is 0.423. The summed E-state index contributed by atoms with van der Waals surface area (Å²) in [5.74, 6) is -0.935. The van der Waals surface area contributed by atoms with Crippen molar-refractivity contribution in [2.45, 2.75) is 6.10 Å². The topological polar surface area (TPSA) is 102 Å². The predicted molar refractivity (Wildman–Crippen MR) is 43.3 cm³/mol. The summed E-state index contributed by atoms with van der Waals surface area (Å²) in [5.41, 5.74) is 5.10. The van der Waals surface area contributed by atoms with Crippen LogP contribution in [0, 0.1) is 0 Å². The molecule has 6 nitrogen and oxygen atoms in total. The molecule has 0 rings (SSSR count). The second-order valence-electron chi connectivity index (χ2n) is 2.07. The van der Waals surface area contributed by atoms with Gasteiger partial charge in [-0.15, -0.1) is 0 Å². The summed E-state index contributed by atoms with van der Waals surface area (Å²) in [6, 6.07) is 0. The van der Waals surface area contributed by atoms with Crippen LogP contribution in [0.1, 0.15) is 0 Å². The van der Waals surface area contributed by atoms with Gasteiger partial charge in [0.15, 0.2) is 6.10 Å². The first-order chi connectivity index (χ1) is 6.22. The van der Waals surface area contributed by atoms with Crippen molar-refractivity contribution in [2.24, 2.45) is 5.73 Å². The maximum Gasteiger partial charge on any atom is 0.342 e. The summed E-state index contributed by atoms with van der Waals surface area (Å²) >= 11 is 0. The van der Waals surface area contributed by atoms with Gasteiger partial charge in [-0.25, -0.2) is 4.79 Å². The molecule has 76 valence electrons. The van der Waals surface area contributed by atoms with Crippen molar-refractivity contribution in [1.82, 2.24) is 0 Å². The molecule has 13 heavy (non-hydrogen) atoms. The molecule has 0 aliphatic heterocycles. The largest absolute Gasteiger partial charge is 0.497 e. The van der Waals surface area contributed by atoms with Gasteiger partial charge in [0.2, 0.25) is 0 Å². The van der Waals surface area contributed by atoms with E-state index in [2.05, 4.69) is 4.74 Å². The highest BCUT2D eigenvalue weighted by Crippen LogP contribution is 1.88. The molecule has 0 spiro atoms. The summed E-state index contributed by atoms with van der Waals surface area (Å²) in [6.45, 7) is 0.00445. The van der Waals surface area contributed by atoms with Crippen LogP contribution in [0.3, 0.4) is 0 Å². The Morgan fingerprint density at radius 1 is 1.54 bits per heavy atom. The lowest BCUT2D eigenvalue weighted by molar-refractivity contribution is -0.149. The summed E-state index contributed by atoms with van der Waals surface area (Å²) in [6.07, 6.45) is 0.588. The third-order valence-corrected chi connectivity index (χ3v) is 1.02. The highest BCUT2D eigenvalue weighted by molar-refractivity contribution is 5.74. The maximum atomic E-state index is 10.6. The van der Waals surface area contributed by atoms with Crippen LogP contribution in [0.5, 0.6) is 0 Å². The van der Waals surface area contributed by atoms with Crippen molar-refractivity contribution in [1.29, 1.82) is 0 Å². The average molecular weight is 191 g/mol. The van der Waals surface area contributed by atoms with Gasteiger partial charge in [0, 0.05) is 6.54 Å². The van der Waals surface area contributed by atoms with Gasteiger partial charge in [0.05, 0.1) is 13.2 Å². The number of carbonyl (C=O) groups is 1. The molecule has 0 aromatic heterocycles. The number of hydrogen-bond acceptors (Lipinski definition) is 6. The number of nitrogens with two attached hydrogens (primary N) is 1. The maximum absolute atomic E-state index is 10.6. The lowest BCUT2D eigenvalue weighted by atomic mass is 10.4. The molecule has 0 aliphatic rings. The van der Waals surface area contributed by atoms with E-state index < -0.39 is 18.7 Å². The normalized spacial score (nSPS) is 12.8. The van der Waals surface area contributed by atoms with Crippen LogP contribution >= 0.6 is 0 Å². The molecular formula is C7H13NO5. The molecule has 0 saturated carbocycles. The van der Waals surface area contributed by atoms with E-state index in [0.717, 1.165) is 12.5 Å². The van der Waals surface area contributed by atoms with Gasteiger partial charge in [-0.1, -0.05) is 0 Å². The molecular weight excluding hydrogens is 178 g/mol. The number of carbonyl (C=O) groups excluding carboxylic acids is 1. The summed E-state index contributed by atoms with van der Waals surface area (Å²) in [4.78, 5) is 10.6. The van der Waals surface area contributed by atoms with E-state index >= 15 is 0 Å². The van der Waals surface area contributed by atoms with E-state index in [0.29, 0.717) is 13.2 Å². The monoisotopic (exact) mass is 191 g/mol. The van der Waals surface area contributed by atoms with Crippen LogP contribution in [0.2, 0.25) is 0 Å². The summed E-state index contributed by atoms with van der Waals surface area (Å²) in [7, 11) is 0. The molecule has 0 heterocycles.